The van der Waals surface area contributed by atoms with Gasteiger partial charge in [0.1, 0.15) is 0 Å². The molecule has 0 fully saturated rings. The Morgan fingerprint density at radius 1 is 1.21 bits per heavy atom. The Labute approximate surface area is 112 Å². The number of para-hydroxylation sites is 1. The van der Waals surface area contributed by atoms with Gasteiger partial charge in [-0.05, 0) is 31.4 Å². The molecule has 1 aromatic carbocycles. The summed E-state index contributed by atoms with van der Waals surface area (Å²) in [4.78, 5) is 0. The third-order valence-electron chi connectivity index (χ3n) is 2.98. The second-order valence-corrected chi connectivity index (χ2v) is 5.53. The van der Waals surface area contributed by atoms with E-state index >= 15 is 0 Å². The molecule has 0 aliphatic heterocycles. The van der Waals surface area contributed by atoms with Gasteiger partial charge in [-0.15, -0.1) is 0 Å². The Morgan fingerprint density at radius 2 is 1.79 bits per heavy atom. The molecule has 0 saturated carbocycles. The van der Waals surface area contributed by atoms with Crippen molar-refractivity contribution < 1.29 is 13.2 Å². The highest BCUT2D eigenvalue weighted by molar-refractivity contribution is 5.54. The number of alkyl halides is 3. The van der Waals surface area contributed by atoms with Gasteiger partial charge in [-0.1, -0.05) is 26.0 Å². The standard InChI is InChI=1S/C14H21F3N2/c1-10(2)8-13(3,9-18)19-12-7-5-4-6-11(12)14(15,16)17/h4-7,10,19H,8-9,18H2,1-3H3. The van der Waals surface area contributed by atoms with Gasteiger partial charge in [-0.3, -0.25) is 0 Å². The maximum atomic E-state index is 12.9. The van der Waals surface area contributed by atoms with E-state index in [0.717, 1.165) is 6.07 Å². The van der Waals surface area contributed by atoms with Crippen molar-refractivity contribution in [2.45, 2.75) is 38.9 Å². The molecule has 0 heterocycles. The molecular formula is C14H21F3N2. The predicted octanol–water partition coefficient (Wildman–Crippen LogP) is 3.88. The Bertz CT molecular complexity index is 415. The Kier molecular flexibility index (Phi) is 4.85. The third kappa shape index (κ3) is 4.42. The van der Waals surface area contributed by atoms with E-state index in [-0.39, 0.29) is 12.2 Å². The van der Waals surface area contributed by atoms with Crippen molar-refractivity contribution >= 4 is 5.69 Å². The highest BCUT2D eigenvalue weighted by atomic mass is 19.4. The van der Waals surface area contributed by atoms with Gasteiger partial charge in [-0.2, -0.15) is 13.2 Å². The van der Waals surface area contributed by atoms with Crippen LogP contribution in [0.25, 0.3) is 0 Å². The lowest BCUT2D eigenvalue weighted by molar-refractivity contribution is -0.137. The van der Waals surface area contributed by atoms with Crippen LogP contribution in [0.5, 0.6) is 0 Å². The van der Waals surface area contributed by atoms with E-state index in [2.05, 4.69) is 5.32 Å². The second kappa shape index (κ2) is 5.82. The van der Waals surface area contributed by atoms with Crippen molar-refractivity contribution in [3.05, 3.63) is 29.8 Å². The number of nitrogens with one attached hydrogen (secondary N) is 1. The third-order valence-corrected chi connectivity index (χ3v) is 2.98. The normalized spacial score (nSPS) is 15.4. The van der Waals surface area contributed by atoms with Crippen molar-refractivity contribution in [2.24, 2.45) is 11.7 Å². The molecule has 1 atom stereocenters. The first kappa shape index (κ1) is 15.8. The number of halogens is 3. The van der Waals surface area contributed by atoms with E-state index in [1.807, 2.05) is 20.8 Å². The van der Waals surface area contributed by atoms with Gasteiger partial charge in [-0.25, -0.2) is 0 Å². The molecular weight excluding hydrogens is 253 g/mol. The molecule has 0 amide bonds. The quantitative estimate of drug-likeness (QED) is 0.855. The molecule has 19 heavy (non-hydrogen) atoms. The van der Waals surface area contributed by atoms with Gasteiger partial charge >= 0.3 is 6.18 Å². The first-order chi connectivity index (χ1) is 8.68. The lowest BCUT2D eigenvalue weighted by atomic mass is 9.90. The van der Waals surface area contributed by atoms with Crippen LogP contribution < -0.4 is 11.1 Å². The van der Waals surface area contributed by atoms with Crippen LogP contribution in [0, 0.1) is 5.92 Å². The molecule has 5 heteroatoms. The molecule has 2 nitrogen and oxygen atoms in total. The molecule has 0 spiro atoms. The monoisotopic (exact) mass is 274 g/mol. The van der Waals surface area contributed by atoms with Gasteiger partial charge < -0.3 is 11.1 Å². The SMILES string of the molecule is CC(C)CC(C)(CN)Nc1ccccc1C(F)(F)F. The van der Waals surface area contributed by atoms with Gasteiger partial charge in [0.2, 0.25) is 0 Å². The van der Waals surface area contributed by atoms with E-state index < -0.39 is 17.3 Å². The Morgan fingerprint density at radius 3 is 2.26 bits per heavy atom. The summed E-state index contributed by atoms with van der Waals surface area (Å²) in [7, 11) is 0. The van der Waals surface area contributed by atoms with Crippen molar-refractivity contribution in [1.29, 1.82) is 0 Å². The number of hydrogen-bond donors (Lipinski definition) is 2. The minimum atomic E-state index is -4.36. The van der Waals surface area contributed by atoms with Crippen molar-refractivity contribution in [3.8, 4) is 0 Å². The Balaban J connectivity index is 3.04. The summed E-state index contributed by atoms with van der Waals surface area (Å²) >= 11 is 0. The summed E-state index contributed by atoms with van der Waals surface area (Å²) in [5, 5.41) is 2.97. The van der Waals surface area contributed by atoms with Gasteiger partial charge in [0, 0.05) is 17.8 Å². The maximum Gasteiger partial charge on any atom is 0.418 e. The number of hydrogen-bond acceptors (Lipinski definition) is 2. The molecule has 0 radical (unpaired) electrons. The fourth-order valence-corrected chi connectivity index (χ4v) is 2.25. The molecule has 0 saturated heterocycles. The zero-order chi connectivity index (χ0) is 14.7. The lowest BCUT2D eigenvalue weighted by Gasteiger charge is -2.33. The molecule has 1 unspecified atom stereocenters. The van der Waals surface area contributed by atoms with E-state index in [1.54, 1.807) is 6.07 Å². The zero-order valence-corrected chi connectivity index (χ0v) is 11.5. The van der Waals surface area contributed by atoms with E-state index in [1.165, 1.54) is 12.1 Å². The number of rotatable bonds is 5. The number of benzene rings is 1. The fourth-order valence-electron chi connectivity index (χ4n) is 2.25. The number of anilines is 1. The summed E-state index contributed by atoms with van der Waals surface area (Å²) in [5.74, 6) is 0.346. The molecule has 1 aromatic rings. The highest BCUT2D eigenvalue weighted by Gasteiger charge is 2.35. The average molecular weight is 274 g/mol. The first-order valence-electron chi connectivity index (χ1n) is 6.32. The summed E-state index contributed by atoms with van der Waals surface area (Å²) in [5.41, 5.74) is 4.60. The van der Waals surface area contributed by atoms with Crippen LogP contribution in [0.3, 0.4) is 0 Å². The summed E-state index contributed by atoms with van der Waals surface area (Å²) < 4.78 is 38.8. The molecule has 0 aliphatic carbocycles. The smallest absolute Gasteiger partial charge is 0.378 e. The fraction of sp³-hybridized carbons (Fsp3) is 0.571. The average Bonchev–Trinajstić information content (AvgIpc) is 2.27. The molecule has 0 aliphatic rings. The van der Waals surface area contributed by atoms with Crippen LogP contribution in [-0.2, 0) is 6.18 Å². The minimum Gasteiger partial charge on any atom is -0.378 e. The summed E-state index contributed by atoms with van der Waals surface area (Å²) in [6.45, 7) is 6.16. The molecule has 3 N–H and O–H groups in total. The summed E-state index contributed by atoms with van der Waals surface area (Å²) in [6.07, 6.45) is -3.66. The van der Waals surface area contributed by atoms with E-state index in [4.69, 9.17) is 5.73 Å². The van der Waals surface area contributed by atoms with Gasteiger partial charge in [0.05, 0.1) is 5.56 Å². The van der Waals surface area contributed by atoms with Crippen molar-refractivity contribution in [2.75, 3.05) is 11.9 Å². The van der Waals surface area contributed by atoms with E-state index in [9.17, 15) is 13.2 Å². The molecule has 108 valence electrons. The van der Waals surface area contributed by atoms with Crippen molar-refractivity contribution in [1.82, 2.24) is 0 Å². The lowest BCUT2D eigenvalue weighted by Crippen LogP contribution is -2.44. The molecule has 0 bridgehead atoms. The summed E-state index contributed by atoms with van der Waals surface area (Å²) in [6, 6.07) is 5.49. The van der Waals surface area contributed by atoms with E-state index in [0.29, 0.717) is 12.3 Å². The predicted molar refractivity (Wildman–Crippen MR) is 72.0 cm³/mol. The largest absolute Gasteiger partial charge is 0.418 e. The van der Waals surface area contributed by atoms with Gasteiger partial charge in [0.25, 0.3) is 0 Å². The minimum absolute atomic E-state index is 0.0867. The maximum absolute atomic E-state index is 12.9. The topological polar surface area (TPSA) is 38.0 Å². The first-order valence-corrected chi connectivity index (χ1v) is 6.32. The van der Waals surface area contributed by atoms with Crippen LogP contribution in [0.15, 0.2) is 24.3 Å². The zero-order valence-electron chi connectivity index (χ0n) is 11.5. The van der Waals surface area contributed by atoms with Crippen LogP contribution in [0.2, 0.25) is 0 Å². The van der Waals surface area contributed by atoms with Crippen LogP contribution in [-0.4, -0.2) is 12.1 Å². The van der Waals surface area contributed by atoms with Crippen LogP contribution >= 0.6 is 0 Å². The second-order valence-electron chi connectivity index (χ2n) is 5.53. The van der Waals surface area contributed by atoms with Crippen molar-refractivity contribution in [3.63, 3.8) is 0 Å². The molecule has 0 aromatic heterocycles. The molecule has 1 rings (SSSR count). The number of nitrogens with two attached hydrogens (primary N) is 1. The Hall–Kier alpha value is -1.23. The van der Waals surface area contributed by atoms with Crippen LogP contribution in [0.1, 0.15) is 32.8 Å². The van der Waals surface area contributed by atoms with Gasteiger partial charge in [0.15, 0.2) is 0 Å². The van der Waals surface area contributed by atoms with Crippen LogP contribution in [0.4, 0.5) is 18.9 Å². The highest BCUT2D eigenvalue weighted by Crippen LogP contribution is 2.36.